The maximum Gasteiger partial charge on any atom is 0.138 e. The molecule has 3 saturated carbocycles. The van der Waals surface area contributed by atoms with Gasteiger partial charge in [-0.2, -0.15) is 0 Å². The quantitative estimate of drug-likeness (QED) is 0.459. The summed E-state index contributed by atoms with van der Waals surface area (Å²) in [4.78, 5) is 12.8. The van der Waals surface area contributed by atoms with Crippen molar-refractivity contribution in [2.24, 2.45) is 45.3 Å². The van der Waals surface area contributed by atoms with Crippen LogP contribution in [0.25, 0.3) is 0 Å². The molecule has 180 valence electrons. The summed E-state index contributed by atoms with van der Waals surface area (Å²) in [6.07, 6.45) is 15.6. The van der Waals surface area contributed by atoms with E-state index >= 15 is 0 Å². The summed E-state index contributed by atoms with van der Waals surface area (Å²) in [5.41, 5.74) is 1.10. The van der Waals surface area contributed by atoms with Crippen molar-refractivity contribution in [1.29, 1.82) is 0 Å². The molecule has 0 radical (unpaired) electrons. The Bertz CT molecular complexity index is 828. The summed E-state index contributed by atoms with van der Waals surface area (Å²) >= 11 is 0. The van der Waals surface area contributed by atoms with E-state index in [1.54, 1.807) is 0 Å². The average Bonchev–Trinajstić information content (AvgIpc) is 3.04. The minimum Gasteiger partial charge on any atom is -0.390 e. The number of hydrogen-bond acceptors (Lipinski definition) is 2. The van der Waals surface area contributed by atoms with Gasteiger partial charge in [-0.15, -0.1) is 0 Å². The van der Waals surface area contributed by atoms with Crippen molar-refractivity contribution in [3.63, 3.8) is 0 Å². The molecule has 4 rings (SSSR count). The van der Waals surface area contributed by atoms with Gasteiger partial charge in [0.2, 0.25) is 0 Å². The molecule has 4 aliphatic carbocycles. The number of allylic oxidation sites excluding steroid dienone is 3. The van der Waals surface area contributed by atoms with Gasteiger partial charge in [-0.05, 0) is 99.7 Å². The number of ketones is 1. The van der Waals surface area contributed by atoms with Gasteiger partial charge in [0.25, 0.3) is 0 Å². The summed E-state index contributed by atoms with van der Waals surface area (Å²) in [5.74, 6) is 2.40. The summed E-state index contributed by atoms with van der Waals surface area (Å²) in [7, 11) is 0. The number of aliphatic hydroxyl groups is 1. The third-order valence-corrected chi connectivity index (χ3v) is 11.6. The van der Waals surface area contributed by atoms with E-state index in [2.05, 4.69) is 73.6 Å². The second-order valence-corrected chi connectivity index (χ2v) is 13.7. The first-order valence-electron chi connectivity index (χ1n) is 13.3. The van der Waals surface area contributed by atoms with Crippen LogP contribution in [0.15, 0.2) is 23.8 Å². The highest BCUT2D eigenvalue weighted by molar-refractivity contribution is 5.85. The van der Waals surface area contributed by atoms with Gasteiger partial charge in [0.05, 0.1) is 5.60 Å². The topological polar surface area (TPSA) is 37.3 Å². The molecule has 2 nitrogen and oxygen atoms in total. The number of carbonyl (C=O) groups excluding carboxylic acids is 1. The summed E-state index contributed by atoms with van der Waals surface area (Å²) in [6.45, 7) is 18.4. The minimum atomic E-state index is -0.658. The molecule has 8 unspecified atom stereocenters. The third kappa shape index (κ3) is 3.25. The van der Waals surface area contributed by atoms with Gasteiger partial charge in [-0.25, -0.2) is 0 Å². The lowest BCUT2D eigenvalue weighted by atomic mass is 9.35. The van der Waals surface area contributed by atoms with Gasteiger partial charge >= 0.3 is 0 Å². The zero-order valence-electron chi connectivity index (χ0n) is 22.1. The Morgan fingerprint density at radius 2 is 1.78 bits per heavy atom. The first kappa shape index (κ1) is 24.2. The smallest absolute Gasteiger partial charge is 0.138 e. The van der Waals surface area contributed by atoms with Gasteiger partial charge in [-0.1, -0.05) is 58.4 Å². The monoisotopic (exact) mass is 440 g/mol. The average molecular weight is 441 g/mol. The zero-order chi connectivity index (χ0) is 23.7. The van der Waals surface area contributed by atoms with Crippen LogP contribution < -0.4 is 0 Å². The second kappa shape index (κ2) is 7.56. The van der Waals surface area contributed by atoms with Crippen molar-refractivity contribution in [1.82, 2.24) is 0 Å². The van der Waals surface area contributed by atoms with E-state index in [1.165, 1.54) is 31.3 Å². The lowest BCUT2D eigenvalue weighted by Gasteiger charge is -2.68. The first-order chi connectivity index (χ1) is 14.7. The van der Waals surface area contributed by atoms with Crippen molar-refractivity contribution in [3.05, 3.63) is 23.8 Å². The Morgan fingerprint density at radius 1 is 1.09 bits per heavy atom. The molecule has 0 spiro atoms. The Hall–Kier alpha value is -0.890. The highest BCUT2D eigenvalue weighted by Crippen LogP contribution is 2.74. The maximum atomic E-state index is 12.8. The molecule has 0 aromatic carbocycles. The van der Waals surface area contributed by atoms with E-state index in [9.17, 15) is 9.90 Å². The van der Waals surface area contributed by atoms with Crippen LogP contribution in [0.3, 0.4) is 0 Å². The highest BCUT2D eigenvalue weighted by Gasteiger charge is 2.68. The fourth-order valence-corrected chi connectivity index (χ4v) is 9.48. The lowest BCUT2D eigenvalue weighted by molar-refractivity contribution is -0.199. The normalized spacial score (nSPS) is 46.6. The zero-order valence-corrected chi connectivity index (χ0v) is 22.1. The molecule has 0 aliphatic heterocycles. The standard InChI is InChI=1S/C30H48O2/c1-20(2)10-9-16-30(8,32)22-13-18-28(6)21(22)11-12-24-27(5)17-15-25(31)26(3,4)23(27)14-19-29(24,28)7/h10,13,18,21-24,32H,9,11-12,14-17,19H2,1-8H3. The van der Waals surface area contributed by atoms with E-state index < -0.39 is 5.60 Å². The Kier molecular flexibility index (Phi) is 5.72. The van der Waals surface area contributed by atoms with Gasteiger partial charge in [0, 0.05) is 17.8 Å². The maximum absolute atomic E-state index is 12.8. The van der Waals surface area contributed by atoms with E-state index in [0.717, 1.165) is 25.7 Å². The van der Waals surface area contributed by atoms with Crippen molar-refractivity contribution in [2.75, 3.05) is 0 Å². The molecule has 0 heterocycles. The number of rotatable bonds is 4. The molecule has 2 heteroatoms. The SMILES string of the molecule is CC(C)=CCCC(C)(O)C1C=CC2(C)C1CCC1C3(C)CCC(=O)C(C)(C)C3CCC12C. The molecule has 1 N–H and O–H groups in total. The molecular formula is C30H48O2. The van der Waals surface area contributed by atoms with Crippen LogP contribution >= 0.6 is 0 Å². The highest BCUT2D eigenvalue weighted by atomic mass is 16.3. The van der Waals surface area contributed by atoms with Crippen LogP contribution in [0, 0.1) is 45.3 Å². The van der Waals surface area contributed by atoms with E-state index in [0.29, 0.717) is 23.5 Å². The van der Waals surface area contributed by atoms with Gasteiger partial charge in [-0.3, -0.25) is 4.79 Å². The third-order valence-electron chi connectivity index (χ3n) is 11.6. The Balaban J connectivity index is 1.63. The lowest BCUT2D eigenvalue weighted by Crippen LogP contribution is -2.63. The fraction of sp³-hybridized carbons (Fsp3) is 0.833. The van der Waals surface area contributed by atoms with Gasteiger partial charge in [0.1, 0.15) is 5.78 Å². The van der Waals surface area contributed by atoms with Crippen LogP contribution in [0.2, 0.25) is 0 Å². The van der Waals surface area contributed by atoms with E-state index in [1.807, 2.05) is 0 Å². The number of Topliss-reactive ketones (excluding diaryl/α,β-unsaturated/α-hetero) is 1. The molecule has 32 heavy (non-hydrogen) atoms. The molecule has 0 amide bonds. The summed E-state index contributed by atoms with van der Waals surface area (Å²) < 4.78 is 0. The molecule has 8 atom stereocenters. The largest absolute Gasteiger partial charge is 0.390 e. The van der Waals surface area contributed by atoms with Crippen molar-refractivity contribution in [3.8, 4) is 0 Å². The Morgan fingerprint density at radius 3 is 2.44 bits per heavy atom. The molecule has 0 aromatic heterocycles. The molecule has 0 bridgehead atoms. The van der Waals surface area contributed by atoms with E-state index in [-0.39, 0.29) is 27.6 Å². The summed E-state index contributed by atoms with van der Waals surface area (Å²) in [6, 6.07) is 0. The van der Waals surface area contributed by atoms with Gasteiger partial charge < -0.3 is 5.11 Å². The number of hydrogen-bond donors (Lipinski definition) is 1. The van der Waals surface area contributed by atoms with Crippen molar-refractivity contribution >= 4 is 5.78 Å². The Labute approximate surface area is 197 Å². The van der Waals surface area contributed by atoms with Crippen LogP contribution in [0.5, 0.6) is 0 Å². The van der Waals surface area contributed by atoms with Crippen LogP contribution in [-0.2, 0) is 4.79 Å². The molecule has 3 fully saturated rings. The molecule has 4 aliphatic rings. The van der Waals surface area contributed by atoms with Gasteiger partial charge in [0.15, 0.2) is 0 Å². The predicted octanol–water partition coefficient (Wildman–Crippen LogP) is 7.51. The molecule has 0 aromatic rings. The van der Waals surface area contributed by atoms with Crippen molar-refractivity contribution in [2.45, 2.75) is 112 Å². The first-order valence-corrected chi connectivity index (χ1v) is 13.3. The predicted molar refractivity (Wildman–Crippen MR) is 133 cm³/mol. The number of carbonyl (C=O) groups is 1. The summed E-state index contributed by atoms with van der Waals surface area (Å²) in [5, 5.41) is 11.6. The van der Waals surface area contributed by atoms with Crippen LogP contribution in [-0.4, -0.2) is 16.5 Å². The minimum absolute atomic E-state index is 0.126. The molecule has 0 saturated heterocycles. The number of fused-ring (bicyclic) bond motifs is 5. The van der Waals surface area contributed by atoms with Crippen molar-refractivity contribution < 1.29 is 9.90 Å². The second-order valence-electron chi connectivity index (χ2n) is 13.7. The molecular weight excluding hydrogens is 392 g/mol. The van der Waals surface area contributed by atoms with Crippen LogP contribution in [0.4, 0.5) is 0 Å². The van der Waals surface area contributed by atoms with Crippen LogP contribution in [0.1, 0.15) is 107 Å². The van der Waals surface area contributed by atoms with E-state index in [4.69, 9.17) is 0 Å². The fourth-order valence-electron chi connectivity index (χ4n) is 9.48.